The second kappa shape index (κ2) is 9.65. The predicted octanol–water partition coefficient (Wildman–Crippen LogP) is 1.90. The molecule has 0 atom stereocenters. The highest BCUT2D eigenvalue weighted by Gasteiger charge is 2.17. The van der Waals surface area contributed by atoms with Crippen LogP contribution in [0.2, 0.25) is 0 Å². The zero-order chi connectivity index (χ0) is 20.8. The van der Waals surface area contributed by atoms with Gasteiger partial charge in [0.25, 0.3) is 11.5 Å². The molecule has 4 rings (SSSR count). The fourth-order valence-corrected chi connectivity index (χ4v) is 3.68. The summed E-state index contributed by atoms with van der Waals surface area (Å²) < 4.78 is 6.73. The molecule has 2 heterocycles. The number of hydrogen-bond acceptors (Lipinski definition) is 5. The van der Waals surface area contributed by atoms with E-state index in [1.807, 2.05) is 36.4 Å². The van der Waals surface area contributed by atoms with E-state index in [2.05, 4.69) is 15.3 Å². The number of carbonyl (C=O) groups is 1. The lowest BCUT2D eigenvalue weighted by molar-refractivity contribution is 0.0374. The lowest BCUT2D eigenvalue weighted by Gasteiger charge is -2.26. The largest absolute Gasteiger partial charge is 0.379 e. The summed E-state index contributed by atoms with van der Waals surface area (Å²) in [4.78, 5) is 28.1. The van der Waals surface area contributed by atoms with Crippen LogP contribution in [0, 0.1) is 0 Å². The average molecular weight is 406 g/mol. The highest BCUT2D eigenvalue weighted by atomic mass is 16.5. The standard InChI is InChI=1S/C23H26N4O3/c28-22(24-11-6-12-26-13-15-30-16-14-26)21-19-9-4-5-10-20(19)23(29)27(25-21)17-18-7-2-1-3-8-18/h1-5,7-10H,6,11-17H2,(H,24,28). The zero-order valence-corrected chi connectivity index (χ0v) is 16.9. The molecule has 1 aliphatic heterocycles. The number of nitrogens with zero attached hydrogens (tertiary/aromatic N) is 3. The zero-order valence-electron chi connectivity index (χ0n) is 16.9. The first-order valence-corrected chi connectivity index (χ1v) is 10.3. The van der Waals surface area contributed by atoms with Gasteiger partial charge in [-0.1, -0.05) is 48.5 Å². The summed E-state index contributed by atoms with van der Waals surface area (Å²) in [6.45, 7) is 5.21. The van der Waals surface area contributed by atoms with Gasteiger partial charge in [0.2, 0.25) is 0 Å². The SMILES string of the molecule is O=C(NCCCN1CCOCC1)c1nn(Cc2ccccc2)c(=O)c2ccccc12. The number of amides is 1. The Hall–Kier alpha value is -3.03. The molecule has 0 spiro atoms. The van der Waals surface area contributed by atoms with Crippen LogP contribution in [-0.2, 0) is 11.3 Å². The number of nitrogens with one attached hydrogen (secondary N) is 1. The summed E-state index contributed by atoms with van der Waals surface area (Å²) in [5, 5.41) is 8.48. The van der Waals surface area contributed by atoms with Gasteiger partial charge in [0.15, 0.2) is 5.69 Å². The van der Waals surface area contributed by atoms with E-state index in [-0.39, 0.29) is 17.2 Å². The number of benzene rings is 2. The van der Waals surface area contributed by atoms with Gasteiger partial charge < -0.3 is 10.1 Å². The van der Waals surface area contributed by atoms with Crippen molar-refractivity contribution in [2.75, 3.05) is 39.4 Å². The summed E-state index contributed by atoms with van der Waals surface area (Å²) in [5.74, 6) is -0.255. The fourth-order valence-electron chi connectivity index (χ4n) is 3.68. The van der Waals surface area contributed by atoms with Gasteiger partial charge in [-0.3, -0.25) is 14.5 Å². The molecule has 30 heavy (non-hydrogen) atoms. The highest BCUT2D eigenvalue weighted by Crippen LogP contribution is 2.14. The van der Waals surface area contributed by atoms with Crippen molar-refractivity contribution in [3.8, 4) is 0 Å². The molecule has 1 aromatic heterocycles. The Morgan fingerprint density at radius 1 is 1.00 bits per heavy atom. The number of hydrogen-bond donors (Lipinski definition) is 1. The van der Waals surface area contributed by atoms with E-state index in [9.17, 15) is 9.59 Å². The first kappa shape index (κ1) is 20.3. The van der Waals surface area contributed by atoms with Gasteiger partial charge in [-0.15, -0.1) is 0 Å². The average Bonchev–Trinajstić information content (AvgIpc) is 2.80. The lowest BCUT2D eigenvalue weighted by atomic mass is 10.1. The van der Waals surface area contributed by atoms with E-state index in [0.717, 1.165) is 44.8 Å². The Kier molecular flexibility index (Phi) is 6.51. The Balaban J connectivity index is 1.51. The Morgan fingerprint density at radius 2 is 1.70 bits per heavy atom. The van der Waals surface area contributed by atoms with Gasteiger partial charge in [-0.05, 0) is 24.6 Å². The normalized spacial score (nSPS) is 14.7. The molecule has 0 bridgehead atoms. The molecule has 1 saturated heterocycles. The van der Waals surface area contributed by atoms with Crippen molar-refractivity contribution in [2.24, 2.45) is 0 Å². The minimum atomic E-state index is -0.255. The number of ether oxygens (including phenoxy) is 1. The summed E-state index contributed by atoms with van der Waals surface area (Å²) >= 11 is 0. The van der Waals surface area contributed by atoms with Crippen LogP contribution in [0.5, 0.6) is 0 Å². The first-order valence-electron chi connectivity index (χ1n) is 10.3. The molecule has 0 saturated carbocycles. The van der Waals surface area contributed by atoms with Crippen molar-refractivity contribution in [3.63, 3.8) is 0 Å². The van der Waals surface area contributed by atoms with E-state index in [1.165, 1.54) is 4.68 Å². The van der Waals surface area contributed by atoms with Crippen LogP contribution < -0.4 is 10.9 Å². The smallest absolute Gasteiger partial charge is 0.274 e. The Labute approximate surface area is 175 Å². The quantitative estimate of drug-likeness (QED) is 0.607. The second-order valence-corrected chi connectivity index (χ2v) is 7.41. The maximum atomic E-state index is 12.9. The second-order valence-electron chi connectivity index (χ2n) is 7.41. The molecular weight excluding hydrogens is 380 g/mol. The van der Waals surface area contributed by atoms with Crippen molar-refractivity contribution in [1.82, 2.24) is 20.0 Å². The minimum absolute atomic E-state index is 0.196. The van der Waals surface area contributed by atoms with Gasteiger partial charge in [0.1, 0.15) is 0 Å². The predicted molar refractivity (Wildman–Crippen MR) is 116 cm³/mol. The number of rotatable bonds is 7. The third-order valence-electron chi connectivity index (χ3n) is 5.30. The van der Waals surface area contributed by atoms with Gasteiger partial charge >= 0.3 is 0 Å². The Bertz CT molecular complexity index is 1060. The van der Waals surface area contributed by atoms with Crippen molar-refractivity contribution >= 4 is 16.7 Å². The molecule has 0 aliphatic carbocycles. The molecule has 3 aromatic rings. The molecular formula is C23H26N4O3. The lowest BCUT2D eigenvalue weighted by Crippen LogP contribution is -2.38. The van der Waals surface area contributed by atoms with Gasteiger partial charge in [0.05, 0.1) is 25.1 Å². The monoisotopic (exact) mass is 406 g/mol. The van der Waals surface area contributed by atoms with Crippen molar-refractivity contribution in [3.05, 3.63) is 76.2 Å². The Morgan fingerprint density at radius 3 is 2.47 bits per heavy atom. The molecule has 7 heteroatoms. The fraction of sp³-hybridized carbons (Fsp3) is 0.348. The van der Waals surface area contributed by atoms with Gasteiger partial charge in [-0.2, -0.15) is 5.10 Å². The molecule has 1 amide bonds. The van der Waals surface area contributed by atoms with Crippen LogP contribution >= 0.6 is 0 Å². The van der Waals surface area contributed by atoms with Crippen LogP contribution in [0.3, 0.4) is 0 Å². The third-order valence-corrected chi connectivity index (χ3v) is 5.30. The highest BCUT2D eigenvalue weighted by molar-refractivity contribution is 6.04. The van der Waals surface area contributed by atoms with Crippen molar-refractivity contribution in [2.45, 2.75) is 13.0 Å². The number of fused-ring (bicyclic) bond motifs is 1. The first-order chi connectivity index (χ1) is 14.7. The summed E-state index contributed by atoms with van der Waals surface area (Å²) in [5.41, 5.74) is 1.05. The molecule has 2 aromatic carbocycles. The number of aromatic nitrogens is 2. The van der Waals surface area contributed by atoms with Crippen LogP contribution in [0.4, 0.5) is 0 Å². The van der Waals surface area contributed by atoms with Crippen molar-refractivity contribution in [1.29, 1.82) is 0 Å². The number of carbonyl (C=O) groups excluding carboxylic acids is 1. The maximum absolute atomic E-state index is 12.9. The number of morpholine rings is 1. The third kappa shape index (κ3) is 4.75. The van der Waals surface area contributed by atoms with E-state index in [0.29, 0.717) is 23.9 Å². The van der Waals surface area contributed by atoms with Gasteiger partial charge in [0, 0.05) is 25.0 Å². The summed E-state index contributed by atoms with van der Waals surface area (Å²) in [6, 6.07) is 16.8. The molecule has 0 radical (unpaired) electrons. The minimum Gasteiger partial charge on any atom is -0.379 e. The molecule has 0 unspecified atom stereocenters. The van der Waals surface area contributed by atoms with E-state index in [4.69, 9.17) is 4.74 Å². The van der Waals surface area contributed by atoms with Gasteiger partial charge in [-0.25, -0.2) is 4.68 Å². The molecule has 1 fully saturated rings. The van der Waals surface area contributed by atoms with Crippen LogP contribution in [0.1, 0.15) is 22.5 Å². The molecule has 7 nitrogen and oxygen atoms in total. The summed E-state index contributed by atoms with van der Waals surface area (Å²) in [6.07, 6.45) is 0.854. The molecule has 156 valence electrons. The van der Waals surface area contributed by atoms with Crippen LogP contribution in [0.15, 0.2) is 59.4 Å². The maximum Gasteiger partial charge on any atom is 0.274 e. The van der Waals surface area contributed by atoms with Crippen LogP contribution in [-0.4, -0.2) is 60.0 Å². The molecule has 1 aliphatic rings. The van der Waals surface area contributed by atoms with E-state index < -0.39 is 0 Å². The van der Waals surface area contributed by atoms with E-state index in [1.54, 1.807) is 18.2 Å². The topological polar surface area (TPSA) is 76.5 Å². The van der Waals surface area contributed by atoms with Crippen LogP contribution in [0.25, 0.3) is 10.8 Å². The van der Waals surface area contributed by atoms with Crippen molar-refractivity contribution < 1.29 is 9.53 Å². The molecule has 1 N–H and O–H groups in total. The van der Waals surface area contributed by atoms with E-state index >= 15 is 0 Å². The summed E-state index contributed by atoms with van der Waals surface area (Å²) in [7, 11) is 0.